The van der Waals surface area contributed by atoms with Gasteiger partial charge in [0.25, 0.3) is 0 Å². The molecule has 2 N–H and O–H groups in total. The normalized spacial score (nSPS) is 10.1. The number of rotatable bonds is 2. The fourth-order valence-electron chi connectivity index (χ4n) is 1.44. The van der Waals surface area contributed by atoms with Crippen molar-refractivity contribution in [3.63, 3.8) is 0 Å². The first-order chi connectivity index (χ1) is 6.06. The van der Waals surface area contributed by atoms with Gasteiger partial charge in [-0.3, -0.25) is 4.79 Å². The lowest BCUT2D eigenvalue weighted by Crippen LogP contribution is -2.15. The van der Waals surface area contributed by atoms with Gasteiger partial charge in [-0.15, -0.1) is 0 Å². The Hall–Kier alpha value is -1.38. The topological polar surface area (TPSA) is 43.1 Å². The molecule has 0 fully saturated rings. The van der Waals surface area contributed by atoms with Gasteiger partial charge < -0.3 is 5.73 Å². The highest BCUT2D eigenvalue weighted by Crippen LogP contribution is 2.16. The molecule has 13 heavy (non-hydrogen) atoms. The van der Waals surface area contributed by atoms with E-state index in [9.17, 15) is 9.18 Å². The standard InChI is InChI=1S/C10H12FNO/c1-3-7-5-8(11)4-6(2)9(7)10(12)13/h4-5H,3H2,1-2H3,(H2,12,13). The lowest BCUT2D eigenvalue weighted by Gasteiger charge is -2.07. The maximum absolute atomic E-state index is 12.9. The van der Waals surface area contributed by atoms with Crippen molar-refractivity contribution in [1.82, 2.24) is 0 Å². The van der Waals surface area contributed by atoms with Gasteiger partial charge in [-0.2, -0.15) is 0 Å². The zero-order valence-electron chi connectivity index (χ0n) is 7.73. The van der Waals surface area contributed by atoms with Gasteiger partial charge in [-0.05, 0) is 36.6 Å². The molecule has 0 spiro atoms. The molecule has 0 heterocycles. The van der Waals surface area contributed by atoms with E-state index < -0.39 is 5.91 Å². The van der Waals surface area contributed by atoms with E-state index in [1.165, 1.54) is 12.1 Å². The largest absolute Gasteiger partial charge is 0.366 e. The molecule has 3 heteroatoms. The lowest BCUT2D eigenvalue weighted by atomic mass is 9.99. The minimum absolute atomic E-state index is 0.320. The maximum Gasteiger partial charge on any atom is 0.249 e. The van der Waals surface area contributed by atoms with Crippen LogP contribution in [0.25, 0.3) is 0 Å². The van der Waals surface area contributed by atoms with E-state index in [-0.39, 0.29) is 5.82 Å². The zero-order valence-corrected chi connectivity index (χ0v) is 7.73. The Kier molecular flexibility index (Phi) is 2.66. The number of hydrogen-bond acceptors (Lipinski definition) is 1. The molecule has 1 rings (SSSR count). The summed E-state index contributed by atoms with van der Waals surface area (Å²) in [5.74, 6) is -0.811. The van der Waals surface area contributed by atoms with Crippen LogP contribution in [0.3, 0.4) is 0 Å². The second-order valence-electron chi connectivity index (χ2n) is 2.97. The van der Waals surface area contributed by atoms with E-state index in [2.05, 4.69) is 0 Å². The molecular weight excluding hydrogens is 169 g/mol. The molecule has 0 atom stereocenters. The highest BCUT2D eigenvalue weighted by atomic mass is 19.1. The minimum atomic E-state index is -0.491. The second kappa shape index (κ2) is 3.56. The molecule has 1 aromatic rings. The fourth-order valence-corrected chi connectivity index (χ4v) is 1.44. The molecule has 0 saturated heterocycles. The summed E-state index contributed by atoms with van der Waals surface area (Å²) in [6.45, 7) is 3.54. The highest BCUT2D eigenvalue weighted by molar-refractivity contribution is 5.95. The Bertz CT molecular complexity index is 347. The summed E-state index contributed by atoms with van der Waals surface area (Å²) in [5, 5.41) is 0. The van der Waals surface area contributed by atoms with Crippen LogP contribution in [0.4, 0.5) is 4.39 Å². The molecular formula is C10H12FNO. The summed E-state index contributed by atoms with van der Waals surface area (Å²) < 4.78 is 12.9. The van der Waals surface area contributed by atoms with E-state index in [4.69, 9.17) is 5.73 Å². The van der Waals surface area contributed by atoms with Crippen molar-refractivity contribution in [2.24, 2.45) is 5.73 Å². The number of carbonyl (C=O) groups is 1. The predicted octanol–water partition coefficient (Wildman–Crippen LogP) is 1.80. The van der Waals surface area contributed by atoms with Crippen LogP contribution in [-0.2, 0) is 6.42 Å². The Morgan fingerprint density at radius 2 is 2.15 bits per heavy atom. The van der Waals surface area contributed by atoms with Gasteiger partial charge in [0, 0.05) is 5.56 Å². The van der Waals surface area contributed by atoms with Crippen LogP contribution in [0.15, 0.2) is 12.1 Å². The molecule has 0 aliphatic heterocycles. The van der Waals surface area contributed by atoms with Crippen LogP contribution in [0.5, 0.6) is 0 Å². The third kappa shape index (κ3) is 1.86. The first-order valence-electron chi connectivity index (χ1n) is 4.15. The Morgan fingerprint density at radius 1 is 1.54 bits per heavy atom. The maximum atomic E-state index is 12.9. The van der Waals surface area contributed by atoms with E-state index >= 15 is 0 Å². The third-order valence-corrected chi connectivity index (χ3v) is 2.01. The number of amides is 1. The molecule has 1 aromatic carbocycles. The Balaban J connectivity index is 3.38. The van der Waals surface area contributed by atoms with Crippen molar-refractivity contribution in [3.8, 4) is 0 Å². The molecule has 0 bridgehead atoms. The van der Waals surface area contributed by atoms with Gasteiger partial charge in [0.2, 0.25) is 5.91 Å². The lowest BCUT2D eigenvalue weighted by molar-refractivity contribution is 0.0999. The number of primary amides is 1. The first kappa shape index (κ1) is 9.71. The van der Waals surface area contributed by atoms with Crippen molar-refractivity contribution < 1.29 is 9.18 Å². The van der Waals surface area contributed by atoms with Gasteiger partial charge in [0.15, 0.2) is 0 Å². The summed E-state index contributed by atoms with van der Waals surface area (Å²) in [7, 11) is 0. The third-order valence-electron chi connectivity index (χ3n) is 2.01. The van der Waals surface area contributed by atoms with E-state index in [1.54, 1.807) is 6.92 Å². The average Bonchev–Trinajstić information content (AvgIpc) is 2.01. The minimum Gasteiger partial charge on any atom is -0.366 e. The molecule has 70 valence electrons. The summed E-state index contributed by atoms with van der Waals surface area (Å²) in [5.41, 5.74) is 6.90. The molecule has 0 radical (unpaired) electrons. The quantitative estimate of drug-likeness (QED) is 0.742. The van der Waals surface area contributed by atoms with Gasteiger partial charge in [-0.1, -0.05) is 6.92 Å². The van der Waals surface area contributed by atoms with Crippen molar-refractivity contribution in [2.75, 3.05) is 0 Å². The second-order valence-corrected chi connectivity index (χ2v) is 2.97. The summed E-state index contributed by atoms with van der Waals surface area (Å²) in [6.07, 6.45) is 0.608. The van der Waals surface area contributed by atoms with Crippen LogP contribution in [-0.4, -0.2) is 5.91 Å². The van der Waals surface area contributed by atoms with Crippen molar-refractivity contribution in [1.29, 1.82) is 0 Å². The van der Waals surface area contributed by atoms with E-state index in [0.29, 0.717) is 23.1 Å². The van der Waals surface area contributed by atoms with Crippen LogP contribution >= 0.6 is 0 Å². The smallest absolute Gasteiger partial charge is 0.249 e. The molecule has 1 amide bonds. The first-order valence-corrected chi connectivity index (χ1v) is 4.15. The number of aryl methyl sites for hydroxylation is 2. The molecule has 0 aromatic heterocycles. The molecule has 0 aliphatic rings. The predicted molar refractivity (Wildman–Crippen MR) is 49.0 cm³/mol. The van der Waals surface area contributed by atoms with E-state index in [1.807, 2.05) is 6.92 Å². The van der Waals surface area contributed by atoms with Crippen LogP contribution in [0.2, 0.25) is 0 Å². The zero-order chi connectivity index (χ0) is 10.0. The number of nitrogens with two attached hydrogens (primary N) is 1. The number of hydrogen-bond donors (Lipinski definition) is 1. The summed E-state index contributed by atoms with van der Waals surface area (Å²) >= 11 is 0. The van der Waals surface area contributed by atoms with Gasteiger partial charge in [0.05, 0.1) is 0 Å². The van der Waals surface area contributed by atoms with Crippen molar-refractivity contribution in [2.45, 2.75) is 20.3 Å². The molecule has 0 unspecified atom stereocenters. The van der Waals surface area contributed by atoms with E-state index in [0.717, 1.165) is 0 Å². The SMILES string of the molecule is CCc1cc(F)cc(C)c1C(N)=O. The summed E-state index contributed by atoms with van der Waals surface area (Å²) in [4.78, 5) is 11.0. The van der Waals surface area contributed by atoms with Gasteiger partial charge in [-0.25, -0.2) is 4.39 Å². The average molecular weight is 181 g/mol. The number of benzene rings is 1. The van der Waals surface area contributed by atoms with Crippen LogP contribution < -0.4 is 5.73 Å². The van der Waals surface area contributed by atoms with Crippen molar-refractivity contribution in [3.05, 3.63) is 34.6 Å². The monoisotopic (exact) mass is 181 g/mol. The number of carbonyl (C=O) groups excluding carboxylic acids is 1. The van der Waals surface area contributed by atoms with Crippen LogP contribution in [0, 0.1) is 12.7 Å². The summed E-state index contributed by atoms with van der Waals surface area (Å²) in [6, 6.07) is 2.67. The number of halogens is 1. The van der Waals surface area contributed by atoms with Crippen LogP contribution in [0.1, 0.15) is 28.4 Å². The highest BCUT2D eigenvalue weighted by Gasteiger charge is 2.11. The van der Waals surface area contributed by atoms with Gasteiger partial charge >= 0.3 is 0 Å². The van der Waals surface area contributed by atoms with Crippen molar-refractivity contribution >= 4 is 5.91 Å². The molecule has 0 aliphatic carbocycles. The molecule has 2 nitrogen and oxygen atoms in total. The fraction of sp³-hybridized carbons (Fsp3) is 0.300. The Labute approximate surface area is 76.6 Å². The Morgan fingerprint density at radius 3 is 2.62 bits per heavy atom. The van der Waals surface area contributed by atoms with Gasteiger partial charge in [0.1, 0.15) is 5.82 Å². The molecule has 0 saturated carbocycles.